The highest BCUT2D eigenvalue weighted by Crippen LogP contribution is 2.12. The fraction of sp³-hybridized carbons (Fsp3) is 0.158. The van der Waals surface area contributed by atoms with Crippen LogP contribution in [0.2, 0.25) is 0 Å². The molecule has 0 bridgehead atoms. The summed E-state index contributed by atoms with van der Waals surface area (Å²) in [5.41, 5.74) is 1.99. The fourth-order valence-electron chi connectivity index (χ4n) is 1.99. The Morgan fingerprint density at radius 1 is 1.04 bits per heavy atom. The average Bonchev–Trinajstić information content (AvgIpc) is 2.64. The summed E-state index contributed by atoms with van der Waals surface area (Å²) >= 11 is 0. The van der Waals surface area contributed by atoms with Crippen LogP contribution in [0.15, 0.2) is 54.6 Å². The highest BCUT2D eigenvalue weighted by molar-refractivity contribution is 5.89. The van der Waals surface area contributed by atoms with Crippen molar-refractivity contribution in [3.63, 3.8) is 0 Å². The Morgan fingerprint density at radius 2 is 1.79 bits per heavy atom. The van der Waals surface area contributed by atoms with Gasteiger partial charge in [-0.1, -0.05) is 24.3 Å². The third-order valence-corrected chi connectivity index (χ3v) is 3.26. The van der Waals surface area contributed by atoms with Gasteiger partial charge in [-0.3, -0.25) is 0 Å². The maximum atomic E-state index is 11.8. The summed E-state index contributed by atoms with van der Waals surface area (Å²) in [5.74, 6) is -0.142. The third kappa shape index (κ3) is 4.98. The number of methoxy groups -OCH3 is 2. The maximum absolute atomic E-state index is 11.8. The molecule has 2 aromatic rings. The molecule has 0 spiro atoms. The van der Waals surface area contributed by atoms with Gasteiger partial charge < -0.3 is 14.2 Å². The molecule has 0 aromatic heterocycles. The predicted octanol–water partition coefficient (Wildman–Crippen LogP) is 3.24. The van der Waals surface area contributed by atoms with Crippen LogP contribution in [0, 0.1) is 0 Å². The second kappa shape index (κ2) is 8.53. The number of carbonyl (C=O) groups excluding carboxylic acids is 2. The SMILES string of the molecule is COC(=O)c1cccc(COC(=O)/C=C/c2ccc(OC)cc2)c1. The van der Waals surface area contributed by atoms with Crippen molar-refractivity contribution in [1.82, 2.24) is 0 Å². The van der Waals surface area contributed by atoms with E-state index < -0.39 is 11.9 Å². The Hall–Kier alpha value is -3.08. The fourth-order valence-corrected chi connectivity index (χ4v) is 1.99. The molecule has 5 nitrogen and oxygen atoms in total. The van der Waals surface area contributed by atoms with Crippen LogP contribution in [0.25, 0.3) is 6.08 Å². The Balaban J connectivity index is 1.90. The van der Waals surface area contributed by atoms with Crippen LogP contribution >= 0.6 is 0 Å². The summed E-state index contributed by atoms with van der Waals surface area (Å²) in [5, 5.41) is 0. The van der Waals surface area contributed by atoms with Crippen molar-refractivity contribution in [3.05, 3.63) is 71.3 Å². The third-order valence-electron chi connectivity index (χ3n) is 3.26. The molecule has 124 valence electrons. The molecule has 5 heteroatoms. The molecule has 0 saturated carbocycles. The van der Waals surface area contributed by atoms with E-state index in [0.29, 0.717) is 11.1 Å². The minimum Gasteiger partial charge on any atom is -0.497 e. The quantitative estimate of drug-likeness (QED) is 0.602. The van der Waals surface area contributed by atoms with Crippen LogP contribution in [-0.2, 0) is 20.9 Å². The summed E-state index contributed by atoms with van der Waals surface area (Å²) in [4.78, 5) is 23.2. The van der Waals surface area contributed by atoms with Crippen molar-refractivity contribution in [3.8, 4) is 5.75 Å². The van der Waals surface area contributed by atoms with Crippen LogP contribution in [0.5, 0.6) is 5.75 Å². The predicted molar refractivity (Wildman–Crippen MR) is 89.6 cm³/mol. The van der Waals surface area contributed by atoms with Gasteiger partial charge in [-0.25, -0.2) is 9.59 Å². The normalized spacial score (nSPS) is 10.4. The zero-order valence-electron chi connectivity index (χ0n) is 13.5. The molecule has 2 rings (SSSR count). The molecule has 0 aliphatic carbocycles. The van der Waals surface area contributed by atoms with Crippen LogP contribution in [-0.4, -0.2) is 26.2 Å². The van der Waals surface area contributed by atoms with E-state index in [0.717, 1.165) is 11.3 Å². The van der Waals surface area contributed by atoms with E-state index >= 15 is 0 Å². The van der Waals surface area contributed by atoms with E-state index in [-0.39, 0.29) is 6.61 Å². The number of esters is 2. The van der Waals surface area contributed by atoms with Gasteiger partial charge >= 0.3 is 11.9 Å². The van der Waals surface area contributed by atoms with Crippen LogP contribution in [0.1, 0.15) is 21.5 Å². The number of hydrogen-bond donors (Lipinski definition) is 0. The largest absolute Gasteiger partial charge is 0.497 e. The number of hydrogen-bond acceptors (Lipinski definition) is 5. The van der Waals surface area contributed by atoms with Gasteiger partial charge in [0.25, 0.3) is 0 Å². The topological polar surface area (TPSA) is 61.8 Å². The first kappa shape index (κ1) is 17.3. The zero-order valence-corrected chi connectivity index (χ0v) is 13.5. The first-order valence-electron chi connectivity index (χ1n) is 7.28. The number of carbonyl (C=O) groups is 2. The molecule has 0 fully saturated rings. The Morgan fingerprint density at radius 3 is 2.46 bits per heavy atom. The van der Waals surface area contributed by atoms with Crippen LogP contribution < -0.4 is 4.74 Å². The molecule has 0 aliphatic rings. The lowest BCUT2D eigenvalue weighted by Crippen LogP contribution is -2.04. The van der Waals surface area contributed by atoms with Gasteiger partial charge in [-0.2, -0.15) is 0 Å². The van der Waals surface area contributed by atoms with Gasteiger partial charge in [-0.15, -0.1) is 0 Å². The molecule has 24 heavy (non-hydrogen) atoms. The summed E-state index contributed by atoms with van der Waals surface area (Å²) in [7, 11) is 2.91. The molecule has 0 radical (unpaired) electrons. The Labute approximate surface area is 140 Å². The lowest BCUT2D eigenvalue weighted by atomic mass is 10.1. The molecule has 0 atom stereocenters. The van der Waals surface area contributed by atoms with E-state index in [2.05, 4.69) is 4.74 Å². The maximum Gasteiger partial charge on any atom is 0.337 e. The first-order chi connectivity index (χ1) is 11.6. The molecule has 0 amide bonds. The first-order valence-corrected chi connectivity index (χ1v) is 7.28. The molecular weight excluding hydrogens is 308 g/mol. The standard InChI is InChI=1S/C19H18O5/c1-22-17-9-6-14(7-10-17)8-11-18(20)24-13-15-4-3-5-16(12-15)19(21)23-2/h3-12H,13H2,1-2H3/b11-8+. The van der Waals surface area contributed by atoms with Crippen LogP contribution in [0.3, 0.4) is 0 Å². The van der Waals surface area contributed by atoms with Gasteiger partial charge in [0.2, 0.25) is 0 Å². The average molecular weight is 326 g/mol. The summed E-state index contributed by atoms with van der Waals surface area (Å²) < 4.78 is 14.9. The van der Waals surface area contributed by atoms with Gasteiger partial charge in [0.15, 0.2) is 0 Å². The van der Waals surface area contributed by atoms with E-state index in [4.69, 9.17) is 9.47 Å². The highest BCUT2D eigenvalue weighted by atomic mass is 16.5. The van der Waals surface area contributed by atoms with Crippen molar-refractivity contribution in [1.29, 1.82) is 0 Å². The molecular formula is C19H18O5. The van der Waals surface area contributed by atoms with Crippen molar-refractivity contribution in [2.45, 2.75) is 6.61 Å². The van der Waals surface area contributed by atoms with Crippen molar-refractivity contribution < 1.29 is 23.8 Å². The van der Waals surface area contributed by atoms with E-state index in [1.54, 1.807) is 37.5 Å². The lowest BCUT2D eigenvalue weighted by Gasteiger charge is -2.04. The second-order valence-corrected chi connectivity index (χ2v) is 4.91. The smallest absolute Gasteiger partial charge is 0.337 e. The van der Waals surface area contributed by atoms with Gasteiger partial charge in [-0.05, 0) is 41.5 Å². The molecule has 0 saturated heterocycles. The molecule has 0 N–H and O–H groups in total. The van der Waals surface area contributed by atoms with Crippen molar-refractivity contribution >= 4 is 18.0 Å². The Bertz CT molecular complexity index is 732. The van der Waals surface area contributed by atoms with E-state index in [1.807, 2.05) is 24.3 Å². The summed E-state index contributed by atoms with van der Waals surface area (Å²) in [6.07, 6.45) is 3.01. The lowest BCUT2D eigenvalue weighted by molar-refractivity contribution is -0.138. The number of ether oxygens (including phenoxy) is 3. The molecule has 0 heterocycles. The number of rotatable bonds is 6. The highest BCUT2D eigenvalue weighted by Gasteiger charge is 2.06. The monoisotopic (exact) mass is 326 g/mol. The second-order valence-electron chi connectivity index (χ2n) is 4.91. The van der Waals surface area contributed by atoms with Crippen molar-refractivity contribution in [2.24, 2.45) is 0 Å². The summed E-state index contributed by atoms with van der Waals surface area (Å²) in [6.45, 7) is 0.0800. The minimum atomic E-state index is -0.464. The summed E-state index contributed by atoms with van der Waals surface area (Å²) in [6, 6.07) is 14.0. The van der Waals surface area contributed by atoms with Gasteiger partial charge in [0.1, 0.15) is 12.4 Å². The molecule has 0 aliphatic heterocycles. The zero-order chi connectivity index (χ0) is 17.4. The van der Waals surface area contributed by atoms with Gasteiger partial charge in [0, 0.05) is 6.08 Å². The van der Waals surface area contributed by atoms with Crippen LogP contribution in [0.4, 0.5) is 0 Å². The minimum absolute atomic E-state index is 0.0800. The van der Waals surface area contributed by atoms with E-state index in [9.17, 15) is 9.59 Å². The molecule has 0 unspecified atom stereocenters. The number of benzene rings is 2. The molecule has 2 aromatic carbocycles. The van der Waals surface area contributed by atoms with Crippen molar-refractivity contribution in [2.75, 3.05) is 14.2 Å². The Kier molecular flexibility index (Phi) is 6.14. The van der Waals surface area contributed by atoms with E-state index in [1.165, 1.54) is 13.2 Å². The van der Waals surface area contributed by atoms with Gasteiger partial charge in [0.05, 0.1) is 19.8 Å².